The largest absolute Gasteiger partial charge is 0.490 e. The van der Waals surface area contributed by atoms with Gasteiger partial charge in [0.15, 0.2) is 0 Å². The van der Waals surface area contributed by atoms with E-state index in [-0.39, 0.29) is 5.56 Å². The topological polar surface area (TPSA) is 46.5 Å². The molecule has 0 saturated heterocycles. The predicted molar refractivity (Wildman–Crippen MR) is 76.8 cm³/mol. The minimum atomic E-state index is -0.918. The van der Waals surface area contributed by atoms with E-state index in [1.54, 1.807) is 24.3 Å². The van der Waals surface area contributed by atoms with Crippen LogP contribution >= 0.6 is 0 Å². The number of benzene rings is 1. The molecular weight excluding hydrogens is 240 g/mol. The normalized spacial score (nSPS) is 10.8. The first kappa shape index (κ1) is 15.3. The van der Waals surface area contributed by atoms with E-state index in [0.717, 1.165) is 6.42 Å². The third-order valence-corrected chi connectivity index (χ3v) is 2.84. The molecule has 0 saturated carbocycles. The Morgan fingerprint density at radius 3 is 2.53 bits per heavy atom. The molecule has 0 spiro atoms. The molecule has 19 heavy (non-hydrogen) atoms. The molecule has 1 aromatic rings. The maximum atomic E-state index is 10.7. The van der Waals surface area contributed by atoms with Crippen molar-refractivity contribution >= 4 is 5.97 Å². The number of aromatic carboxylic acids is 1. The Morgan fingerprint density at radius 1 is 1.16 bits per heavy atom. The first-order valence-corrected chi connectivity index (χ1v) is 6.85. The van der Waals surface area contributed by atoms with Crippen molar-refractivity contribution in [1.29, 1.82) is 0 Å². The number of carboxylic acids is 1. The highest BCUT2D eigenvalue weighted by atomic mass is 16.5. The van der Waals surface area contributed by atoms with Gasteiger partial charge in [0, 0.05) is 0 Å². The van der Waals surface area contributed by atoms with E-state index in [1.165, 1.54) is 25.7 Å². The molecule has 0 aliphatic rings. The molecule has 0 amide bonds. The van der Waals surface area contributed by atoms with Crippen molar-refractivity contribution in [2.45, 2.75) is 39.0 Å². The summed E-state index contributed by atoms with van der Waals surface area (Å²) >= 11 is 0. The lowest BCUT2D eigenvalue weighted by Gasteiger charge is -2.03. The number of ether oxygens (including phenoxy) is 1. The van der Waals surface area contributed by atoms with Gasteiger partial charge in [-0.05, 0) is 37.1 Å². The van der Waals surface area contributed by atoms with Crippen LogP contribution in [-0.2, 0) is 0 Å². The van der Waals surface area contributed by atoms with Crippen LogP contribution in [0.5, 0.6) is 5.75 Å². The summed E-state index contributed by atoms with van der Waals surface area (Å²) in [5, 5.41) is 8.76. The molecule has 0 aliphatic heterocycles. The highest BCUT2D eigenvalue weighted by Crippen LogP contribution is 2.12. The second-order valence-corrected chi connectivity index (χ2v) is 4.46. The third-order valence-electron chi connectivity index (χ3n) is 2.84. The van der Waals surface area contributed by atoms with Gasteiger partial charge in [-0.3, -0.25) is 0 Å². The molecular formula is C16H22O3. The average molecular weight is 262 g/mol. The first-order valence-electron chi connectivity index (χ1n) is 6.85. The highest BCUT2D eigenvalue weighted by Gasteiger charge is 2.01. The second kappa shape index (κ2) is 9.20. The van der Waals surface area contributed by atoms with Gasteiger partial charge in [0.2, 0.25) is 0 Å². The molecule has 0 bridgehead atoms. The smallest absolute Gasteiger partial charge is 0.335 e. The number of rotatable bonds is 9. The first-order chi connectivity index (χ1) is 9.24. The molecule has 0 heterocycles. The van der Waals surface area contributed by atoms with Crippen molar-refractivity contribution < 1.29 is 14.6 Å². The molecule has 0 aliphatic carbocycles. The van der Waals surface area contributed by atoms with E-state index in [2.05, 4.69) is 13.0 Å². The molecule has 0 radical (unpaired) electrons. The van der Waals surface area contributed by atoms with Crippen LogP contribution in [0.15, 0.2) is 36.4 Å². The fourth-order valence-corrected chi connectivity index (χ4v) is 1.71. The van der Waals surface area contributed by atoms with Gasteiger partial charge >= 0.3 is 5.97 Å². The molecule has 1 N–H and O–H groups in total. The Balaban J connectivity index is 2.18. The lowest BCUT2D eigenvalue weighted by Crippen LogP contribution is -1.97. The predicted octanol–water partition coefficient (Wildman–Crippen LogP) is 4.29. The monoisotopic (exact) mass is 262 g/mol. The molecule has 3 heteroatoms. The van der Waals surface area contributed by atoms with Crippen LogP contribution in [0.4, 0.5) is 0 Å². The molecule has 3 nitrogen and oxygen atoms in total. The Hall–Kier alpha value is -1.77. The van der Waals surface area contributed by atoms with Gasteiger partial charge < -0.3 is 9.84 Å². The van der Waals surface area contributed by atoms with Crippen molar-refractivity contribution in [2.24, 2.45) is 0 Å². The lowest BCUT2D eigenvalue weighted by molar-refractivity contribution is 0.0697. The molecule has 1 rings (SSSR count). The minimum absolute atomic E-state index is 0.277. The van der Waals surface area contributed by atoms with Crippen LogP contribution in [0, 0.1) is 0 Å². The summed E-state index contributed by atoms with van der Waals surface area (Å²) in [5.74, 6) is -0.223. The minimum Gasteiger partial charge on any atom is -0.490 e. The summed E-state index contributed by atoms with van der Waals surface area (Å²) < 4.78 is 5.49. The van der Waals surface area contributed by atoms with Crippen LogP contribution in [0.2, 0.25) is 0 Å². The summed E-state index contributed by atoms with van der Waals surface area (Å²) in [7, 11) is 0. The summed E-state index contributed by atoms with van der Waals surface area (Å²) in [6, 6.07) is 6.45. The number of hydrogen-bond donors (Lipinski definition) is 1. The van der Waals surface area contributed by atoms with Crippen molar-refractivity contribution in [3.63, 3.8) is 0 Å². The van der Waals surface area contributed by atoms with Crippen molar-refractivity contribution in [3.05, 3.63) is 42.0 Å². The molecule has 0 aromatic heterocycles. The number of carboxylic acid groups (broad SMARTS) is 1. The Morgan fingerprint density at radius 2 is 1.89 bits per heavy atom. The maximum Gasteiger partial charge on any atom is 0.335 e. The zero-order valence-electron chi connectivity index (χ0n) is 11.5. The van der Waals surface area contributed by atoms with Crippen LogP contribution in [0.25, 0.3) is 0 Å². The number of unbranched alkanes of at least 4 members (excludes halogenated alkanes) is 4. The average Bonchev–Trinajstić information content (AvgIpc) is 2.42. The molecule has 0 atom stereocenters. The summed E-state index contributed by atoms with van der Waals surface area (Å²) in [5.41, 5.74) is 0.277. The Labute approximate surface area is 114 Å². The van der Waals surface area contributed by atoms with E-state index in [0.29, 0.717) is 12.4 Å². The standard InChI is InChI=1S/C16H22O3/c1-2-3-4-5-6-7-8-13-19-15-11-9-14(10-12-15)16(17)18/h7-12H,2-6,13H2,1H3,(H,17,18)/b8-7+. The van der Waals surface area contributed by atoms with Crippen molar-refractivity contribution in [3.8, 4) is 5.75 Å². The molecule has 0 unspecified atom stereocenters. The SMILES string of the molecule is CCCCCC/C=C/COc1ccc(C(=O)O)cc1. The fraction of sp³-hybridized carbons (Fsp3) is 0.438. The third kappa shape index (κ3) is 6.65. The van der Waals surface area contributed by atoms with Gasteiger partial charge in [0.1, 0.15) is 12.4 Å². The van der Waals surface area contributed by atoms with E-state index in [4.69, 9.17) is 9.84 Å². The number of hydrogen-bond acceptors (Lipinski definition) is 2. The van der Waals surface area contributed by atoms with Crippen molar-refractivity contribution in [1.82, 2.24) is 0 Å². The van der Waals surface area contributed by atoms with Gasteiger partial charge in [-0.2, -0.15) is 0 Å². The Bertz CT molecular complexity index is 393. The second-order valence-electron chi connectivity index (χ2n) is 4.46. The summed E-state index contributed by atoms with van der Waals surface area (Å²) in [6.07, 6.45) is 10.3. The number of allylic oxidation sites excluding steroid dienone is 1. The zero-order chi connectivity index (χ0) is 13.9. The van der Waals surface area contributed by atoms with E-state index in [1.807, 2.05) is 6.08 Å². The fourth-order valence-electron chi connectivity index (χ4n) is 1.71. The number of carbonyl (C=O) groups is 1. The van der Waals surface area contributed by atoms with Gasteiger partial charge in [0.05, 0.1) is 5.56 Å². The molecule has 0 fully saturated rings. The van der Waals surface area contributed by atoms with Gasteiger partial charge in [-0.1, -0.05) is 38.3 Å². The lowest BCUT2D eigenvalue weighted by atomic mass is 10.1. The quantitative estimate of drug-likeness (QED) is 0.533. The molecule has 104 valence electrons. The van der Waals surface area contributed by atoms with E-state index < -0.39 is 5.97 Å². The van der Waals surface area contributed by atoms with Crippen LogP contribution in [0.3, 0.4) is 0 Å². The van der Waals surface area contributed by atoms with Crippen LogP contribution in [0.1, 0.15) is 49.4 Å². The van der Waals surface area contributed by atoms with E-state index in [9.17, 15) is 4.79 Å². The van der Waals surface area contributed by atoms with Gasteiger partial charge in [-0.15, -0.1) is 0 Å². The zero-order valence-corrected chi connectivity index (χ0v) is 11.5. The Kier molecular flexibility index (Phi) is 7.40. The van der Waals surface area contributed by atoms with Gasteiger partial charge in [-0.25, -0.2) is 4.79 Å². The maximum absolute atomic E-state index is 10.7. The van der Waals surface area contributed by atoms with Crippen molar-refractivity contribution in [2.75, 3.05) is 6.61 Å². The highest BCUT2D eigenvalue weighted by molar-refractivity contribution is 5.87. The van der Waals surface area contributed by atoms with Crippen LogP contribution < -0.4 is 4.74 Å². The van der Waals surface area contributed by atoms with E-state index >= 15 is 0 Å². The summed E-state index contributed by atoms with van der Waals surface area (Å²) in [4.78, 5) is 10.7. The molecule has 1 aromatic carbocycles. The summed E-state index contributed by atoms with van der Waals surface area (Å²) in [6.45, 7) is 2.74. The van der Waals surface area contributed by atoms with Crippen LogP contribution in [-0.4, -0.2) is 17.7 Å². The van der Waals surface area contributed by atoms with Gasteiger partial charge in [0.25, 0.3) is 0 Å².